The van der Waals surface area contributed by atoms with Crippen molar-refractivity contribution in [3.8, 4) is 11.3 Å². The maximum absolute atomic E-state index is 12.8. The molecule has 0 radical (unpaired) electrons. The highest BCUT2D eigenvalue weighted by Gasteiger charge is 2.26. The maximum Gasteiger partial charge on any atom is 0.255 e. The van der Waals surface area contributed by atoms with E-state index in [9.17, 15) is 14.4 Å². The number of anilines is 2. The van der Waals surface area contributed by atoms with Crippen LogP contribution in [0.15, 0.2) is 78.9 Å². The highest BCUT2D eigenvalue weighted by atomic mass is 35.5. The number of nitrogens with zero attached hydrogens (tertiary/aromatic N) is 3. The van der Waals surface area contributed by atoms with E-state index >= 15 is 0 Å². The minimum atomic E-state index is -0.253. The predicted octanol–water partition coefficient (Wildman–Crippen LogP) is 5.60. The van der Waals surface area contributed by atoms with Gasteiger partial charge in [-0.2, -0.15) is 5.10 Å². The molecule has 180 valence electrons. The van der Waals surface area contributed by atoms with Gasteiger partial charge in [-0.15, -0.1) is 0 Å². The summed E-state index contributed by atoms with van der Waals surface area (Å²) in [5.74, 6) is 0.490. The van der Waals surface area contributed by atoms with E-state index in [0.717, 1.165) is 22.6 Å². The molecule has 0 atom stereocenters. The fourth-order valence-electron chi connectivity index (χ4n) is 4.12. The molecule has 1 N–H and O–H groups in total. The number of hydrogen-bond donors (Lipinski definition) is 1. The molecule has 0 spiro atoms. The van der Waals surface area contributed by atoms with E-state index in [1.807, 2.05) is 47.1 Å². The van der Waals surface area contributed by atoms with Gasteiger partial charge in [0.1, 0.15) is 5.82 Å². The van der Waals surface area contributed by atoms with Crippen LogP contribution in [0.2, 0.25) is 5.02 Å². The summed E-state index contributed by atoms with van der Waals surface area (Å²) in [5.41, 5.74) is 4.30. The Morgan fingerprint density at radius 1 is 0.944 bits per heavy atom. The van der Waals surface area contributed by atoms with E-state index < -0.39 is 0 Å². The number of carbonyl (C=O) groups is 3. The lowest BCUT2D eigenvalue weighted by Crippen LogP contribution is -2.36. The lowest BCUT2D eigenvalue weighted by Gasteiger charge is -2.27. The summed E-state index contributed by atoms with van der Waals surface area (Å²) in [6.07, 6.45) is 0.373. The first-order valence-electron chi connectivity index (χ1n) is 11.5. The number of aromatic nitrogens is 2. The number of benzene rings is 3. The van der Waals surface area contributed by atoms with Crippen LogP contribution in [0.1, 0.15) is 39.6 Å². The standard InChI is InChI=1S/C28H23ClN4O3/c1-18(34)20-8-12-24(13-9-20)30-28(36)22-4-2-19(3-5-22)17-32-26-16-25(21-6-10-23(29)11-7-21)31-33(26)15-14-27(32)35/h2-13,16H,14-15,17H2,1H3,(H,30,36). The second kappa shape index (κ2) is 9.79. The molecule has 0 saturated heterocycles. The van der Waals surface area contributed by atoms with Crippen LogP contribution < -0.4 is 10.2 Å². The Kier molecular flexibility index (Phi) is 6.40. The summed E-state index contributed by atoms with van der Waals surface area (Å²) in [7, 11) is 0. The number of carbonyl (C=O) groups excluding carboxylic acids is 3. The number of hydrogen-bond acceptors (Lipinski definition) is 4. The number of rotatable bonds is 6. The molecule has 2 amide bonds. The Hall–Kier alpha value is -4.23. The van der Waals surface area contributed by atoms with Crippen molar-refractivity contribution in [2.75, 3.05) is 10.2 Å². The minimum Gasteiger partial charge on any atom is -0.322 e. The van der Waals surface area contributed by atoms with E-state index in [2.05, 4.69) is 10.4 Å². The van der Waals surface area contributed by atoms with Crippen LogP contribution in [0.5, 0.6) is 0 Å². The molecule has 0 fully saturated rings. The molecule has 5 rings (SSSR count). The average Bonchev–Trinajstić information content (AvgIpc) is 3.31. The smallest absolute Gasteiger partial charge is 0.255 e. The van der Waals surface area contributed by atoms with Crippen LogP contribution in [-0.2, 0) is 17.9 Å². The molecule has 0 saturated carbocycles. The first-order chi connectivity index (χ1) is 17.4. The number of amides is 2. The third kappa shape index (κ3) is 4.92. The molecular formula is C28H23ClN4O3. The molecule has 1 aliphatic rings. The molecule has 8 heteroatoms. The monoisotopic (exact) mass is 498 g/mol. The van der Waals surface area contributed by atoms with Gasteiger partial charge in [0.15, 0.2) is 5.78 Å². The van der Waals surface area contributed by atoms with E-state index in [4.69, 9.17) is 11.6 Å². The third-order valence-corrected chi connectivity index (χ3v) is 6.37. The zero-order valence-corrected chi connectivity index (χ0v) is 20.3. The average molecular weight is 499 g/mol. The molecule has 3 aromatic carbocycles. The molecule has 2 heterocycles. The van der Waals surface area contributed by atoms with Crippen molar-refractivity contribution >= 4 is 40.7 Å². The van der Waals surface area contributed by atoms with Gasteiger partial charge in [0.2, 0.25) is 5.91 Å². The second-order valence-electron chi connectivity index (χ2n) is 8.63. The van der Waals surface area contributed by atoms with Crippen LogP contribution in [0.4, 0.5) is 11.5 Å². The zero-order chi connectivity index (χ0) is 25.2. The summed E-state index contributed by atoms with van der Waals surface area (Å²) in [5, 5.41) is 8.16. The van der Waals surface area contributed by atoms with Crippen molar-refractivity contribution in [3.05, 3.63) is 101 Å². The van der Waals surface area contributed by atoms with Gasteiger partial charge in [0, 0.05) is 39.9 Å². The van der Waals surface area contributed by atoms with E-state index in [-0.39, 0.29) is 17.6 Å². The van der Waals surface area contributed by atoms with Crippen molar-refractivity contribution in [2.45, 2.75) is 26.4 Å². The topological polar surface area (TPSA) is 84.3 Å². The van der Waals surface area contributed by atoms with Gasteiger partial charge in [-0.1, -0.05) is 35.9 Å². The molecule has 7 nitrogen and oxygen atoms in total. The molecule has 1 aliphatic heterocycles. The van der Waals surface area contributed by atoms with Gasteiger partial charge in [0.25, 0.3) is 5.91 Å². The number of nitrogens with one attached hydrogen (secondary N) is 1. The first kappa shape index (κ1) is 23.5. The van der Waals surface area contributed by atoms with Crippen molar-refractivity contribution in [3.63, 3.8) is 0 Å². The van der Waals surface area contributed by atoms with Gasteiger partial charge in [-0.05, 0) is 61.0 Å². The second-order valence-corrected chi connectivity index (χ2v) is 9.07. The van der Waals surface area contributed by atoms with Gasteiger partial charge in [0.05, 0.1) is 18.8 Å². The Morgan fingerprint density at radius 3 is 2.28 bits per heavy atom. The molecule has 0 unspecified atom stereocenters. The van der Waals surface area contributed by atoms with E-state index in [1.54, 1.807) is 41.3 Å². The summed E-state index contributed by atoms with van der Waals surface area (Å²) in [4.78, 5) is 38.6. The lowest BCUT2D eigenvalue weighted by molar-refractivity contribution is -0.119. The van der Waals surface area contributed by atoms with Gasteiger partial charge >= 0.3 is 0 Å². The maximum atomic E-state index is 12.8. The quantitative estimate of drug-likeness (QED) is 0.351. The highest BCUT2D eigenvalue weighted by molar-refractivity contribution is 6.30. The summed E-state index contributed by atoms with van der Waals surface area (Å²) < 4.78 is 1.85. The Balaban J connectivity index is 1.30. The van der Waals surface area contributed by atoms with E-state index in [0.29, 0.717) is 41.3 Å². The van der Waals surface area contributed by atoms with Crippen molar-refractivity contribution in [1.82, 2.24) is 9.78 Å². The van der Waals surface area contributed by atoms with Crippen LogP contribution in [0.3, 0.4) is 0 Å². The largest absolute Gasteiger partial charge is 0.322 e. The summed E-state index contributed by atoms with van der Waals surface area (Å²) in [6, 6.07) is 23.3. The Bertz CT molecular complexity index is 1440. The molecule has 0 bridgehead atoms. The molecule has 1 aromatic heterocycles. The Labute approximate surface area is 213 Å². The molecule has 4 aromatic rings. The first-order valence-corrected chi connectivity index (χ1v) is 11.9. The number of halogens is 1. The highest BCUT2D eigenvalue weighted by Crippen LogP contribution is 2.30. The normalized spacial score (nSPS) is 12.8. The number of aryl methyl sites for hydroxylation is 1. The van der Waals surface area contributed by atoms with Crippen LogP contribution in [0, 0.1) is 0 Å². The molecular weight excluding hydrogens is 476 g/mol. The number of Topliss-reactive ketones (excluding diaryl/α,β-unsaturated/α-hetero) is 1. The van der Waals surface area contributed by atoms with Crippen molar-refractivity contribution < 1.29 is 14.4 Å². The Morgan fingerprint density at radius 2 is 1.61 bits per heavy atom. The minimum absolute atomic E-state index is 0.0279. The van der Waals surface area contributed by atoms with Crippen molar-refractivity contribution in [1.29, 1.82) is 0 Å². The van der Waals surface area contributed by atoms with Crippen LogP contribution in [0.25, 0.3) is 11.3 Å². The van der Waals surface area contributed by atoms with Gasteiger partial charge in [-0.25, -0.2) is 4.68 Å². The lowest BCUT2D eigenvalue weighted by atomic mass is 10.1. The number of ketones is 1. The zero-order valence-electron chi connectivity index (χ0n) is 19.6. The predicted molar refractivity (Wildman–Crippen MR) is 139 cm³/mol. The van der Waals surface area contributed by atoms with Gasteiger partial charge in [-0.3, -0.25) is 19.3 Å². The van der Waals surface area contributed by atoms with Gasteiger partial charge < -0.3 is 5.32 Å². The third-order valence-electron chi connectivity index (χ3n) is 6.12. The molecule has 0 aliphatic carbocycles. The van der Waals surface area contributed by atoms with Crippen molar-refractivity contribution in [2.24, 2.45) is 0 Å². The SMILES string of the molecule is CC(=O)c1ccc(NC(=O)c2ccc(CN3C(=O)CCn4nc(-c5ccc(Cl)cc5)cc43)cc2)cc1. The summed E-state index contributed by atoms with van der Waals surface area (Å²) in [6.45, 7) is 2.41. The van der Waals surface area contributed by atoms with E-state index in [1.165, 1.54) is 6.92 Å². The fraction of sp³-hybridized carbons (Fsp3) is 0.143. The molecule has 36 heavy (non-hydrogen) atoms. The van der Waals surface area contributed by atoms with Crippen LogP contribution >= 0.6 is 11.6 Å². The fourth-order valence-corrected chi connectivity index (χ4v) is 4.25. The van der Waals surface area contributed by atoms with Crippen LogP contribution in [-0.4, -0.2) is 27.4 Å². The number of fused-ring (bicyclic) bond motifs is 1. The summed E-state index contributed by atoms with van der Waals surface area (Å²) >= 11 is 6.01.